The molecule has 1 aromatic rings. The number of pyridine rings is 1. The van der Waals surface area contributed by atoms with E-state index in [4.69, 9.17) is 0 Å². The Bertz CT molecular complexity index is 652. The molecule has 0 aromatic carbocycles. The van der Waals surface area contributed by atoms with E-state index in [-0.39, 0.29) is 18.7 Å². The van der Waals surface area contributed by atoms with Crippen LogP contribution in [0.1, 0.15) is 21.6 Å². The van der Waals surface area contributed by atoms with E-state index in [0.29, 0.717) is 11.3 Å². The van der Waals surface area contributed by atoms with Crippen LogP contribution in [-0.2, 0) is 11.8 Å². The summed E-state index contributed by atoms with van der Waals surface area (Å²) in [5, 5.41) is 0. The molecule has 1 aliphatic rings. The van der Waals surface area contributed by atoms with Gasteiger partial charge in [-0.1, -0.05) is 0 Å². The van der Waals surface area contributed by atoms with Gasteiger partial charge in [-0.15, -0.1) is 0 Å². The molecular formula is C14H17F3N2O3. The molecule has 0 bridgehead atoms. The van der Waals surface area contributed by atoms with Crippen LogP contribution >= 0.6 is 0 Å². The summed E-state index contributed by atoms with van der Waals surface area (Å²) in [6, 6.07) is 1.66. The van der Waals surface area contributed by atoms with Gasteiger partial charge in [0.2, 0.25) is 0 Å². The second kappa shape index (κ2) is 5.75. The number of nitrogens with zero attached hydrogens (tertiary/aromatic N) is 2. The average molecular weight is 318 g/mol. The van der Waals surface area contributed by atoms with E-state index < -0.39 is 30.3 Å². The summed E-state index contributed by atoms with van der Waals surface area (Å²) in [5.74, 6) is -0.685. The molecule has 2 heterocycles. The van der Waals surface area contributed by atoms with Gasteiger partial charge in [0.1, 0.15) is 5.56 Å². The Kier molecular flexibility index (Phi) is 4.32. The number of morpholine rings is 1. The molecule has 1 atom stereocenters. The molecule has 1 amide bonds. The third-order valence-electron chi connectivity index (χ3n) is 3.80. The van der Waals surface area contributed by atoms with Gasteiger partial charge in [-0.3, -0.25) is 9.59 Å². The Morgan fingerprint density at radius 3 is 2.59 bits per heavy atom. The molecule has 122 valence electrons. The maximum absolute atomic E-state index is 12.7. The summed E-state index contributed by atoms with van der Waals surface area (Å²) < 4.78 is 44.1. The van der Waals surface area contributed by atoms with Crippen molar-refractivity contribution in [3.63, 3.8) is 0 Å². The van der Waals surface area contributed by atoms with E-state index in [1.807, 2.05) is 0 Å². The number of alkyl halides is 3. The van der Waals surface area contributed by atoms with Gasteiger partial charge in [0.15, 0.2) is 6.10 Å². The van der Waals surface area contributed by atoms with Crippen LogP contribution in [0.25, 0.3) is 0 Å². The Hall–Kier alpha value is -1.83. The number of hydrogen-bond donors (Lipinski definition) is 0. The lowest BCUT2D eigenvalue weighted by atomic mass is 10.1. The monoisotopic (exact) mass is 318 g/mol. The Balaban J connectivity index is 2.33. The standard InChI is InChI=1S/C14H17F3N2O3/c1-8-6-9(2)18(3)12(20)11(8)13(21)19-4-5-22-10(7-19)14(15,16)17/h6,10H,4-5,7H2,1-3H3. The zero-order valence-corrected chi connectivity index (χ0v) is 12.5. The minimum absolute atomic E-state index is 0.0296. The molecule has 0 saturated carbocycles. The van der Waals surface area contributed by atoms with Crippen molar-refractivity contribution in [2.24, 2.45) is 7.05 Å². The Morgan fingerprint density at radius 2 is 2.00 bits per heavy atom. The third-order valence-corrected chi connectivity index (χ3v) is 3.80. The fraction of sp³-hybridized carbons (Fsp3) is 0.571. The van der Waals surface area contributed by atoms with Gasteiger partial charge in [-0.2, -0.15) is 13.2 Å². The lowest BCUT2D eigenvalue weighted by Crippen LogP contribution is -2.52. The summed E-state index contributed by atoms with van der Waals surface area (Å²) in [5.41, 5.74) is 0.545. The van der Waals surface area contributed by atoms with E-state index in [1.54, 1.807) is 19.9 Å². The van der Waals surface area contributed by atoms with Gasteiger partial charge < -0.3 is 14.2 Å². The molecule has 0 spiro atoms. The van der Waals surface area contributed by atoms with Crippen LogP contribution in [-0.4, -0.2) is 47.4 Å². The van der Waals surface area contributed by atoms with Crippen molar-refractivity contribution in [3.05, 3.63) is 33.2 Å². The maximum atomic E-state index is 12.7. The Morgan fingerprint density at radius 1 is 1.36 bits per heavy atom. The number of ether oxygens (including phenoxy) is 1. The normalized spacial score (nSPS) is 19.4. The van der Waals surface area contributed by atoms with Gasteiger partial charge in [-0.25, -0.2) is 0 Å². The van der Waals surface area contributed by atoms with Crippen molar-refractivity contribution in [1.29, 1.82) is 0 Å². The summed E-state index contributed by atoms with van der Waals surface area (Å²) in [6.45, 7) is 2.54. The molecule has 0 radical (unpaired) electrons. The SMILES string of the molecule is Cc1cc(C)n(C)c(=O)c1C(=O)N1CCOC(C(F)(F)F)C1. The van der Waals surface area contributed by atoms with Gasteiger partial charge in [0, 0.05) is 19.3 Å². The van der Waals surface area contributed by atoms with E-state index in [0.717, 1.165) is 4.90 Å². The number of carbonyl (C=O) groups excluding carboxylic acids is 1. The molecule has 8 heteroatoms. The first-order valence-corrected chi connectivity index (χ1v) is 6.77. The smallest absolute Gasteiger partial charge is 0.365 e. The lowest BCUT2D eigenvalue weighted by Gasteiger charge is -2.34. The topological polar surface area (TPSA) is 51.5 Å². The summed E-state index contributed by atoms with van der Waals surface area (Å²) in [6.07, 6.45) is -6.55. The van der Waals surface area contributed by atoms with Gasteiger partial charge in [0.05, 0.1) is 13.2 Å². The van der Waals surface area contributed by atoms with Crippen molar-refractivity contribution in [1.82, 2.24) is 9.47 Å². The minimum Gasteiger partial charge on any atom is -0.365 e. The quantitative estimate of drug-likeness (QED) is 0.787. The van der Waals surface area contributed by atoms with E-state index in [2.05, 4.69) is 4.74 Å². The molecule has 22 heavy (non-hydrogen) atoms. The predicted octanol–water partition coefficient (Wildman–Crippen LogP) is 1.41. The van der Waals surface area contributed by atoms with Crippen LogP contribution in [0.2, 0.25) is 0 Å². The van der Waals surface area contributed by atoms with Crippen molar-refractivity contribution < 1.29 is 22.7 Å². The maximum Gasteiger partial charge on any atom is 0.416 e. The average Bonchev–Trinajstić information content (AvgIpc) is 2.44. The first-order chi connectivity index (χ1) is 10.1. The van der Waals surface area contributed by atoms with Crippen molar-refractivity contribution in [2.45, 2.75) is 26.1 Å². The van der Waals surface area contributed by atoms with Crippen LogP contribution in [0.15, 0.2) is 10.9 Å². The van der Waals surface area contributed by atoms with Crippen LogP contribution in [0.5, 0.6) is 0 Å². The predicted molar refractivity (Wildman–Crippen MR) is 72.9 cm³/mol. The van der Waals surface area contributed by atoms with Crippen molar-refractivity contribution in [3.8, 4) is 0 Å². The molecular weight excluding hydrogens is 301 g/mol. The second-order valence-electron chi connectivity index (χ2n) is 5.36. The highest BCUT2D eigenvalue weighted by Gasteiger charge is 2.44. The van der Waals surface area contributed by atoms with Crippen LogP contribution in [0.4, 0.5) is 13.2 Å². The third kappa shape index (κ3) is 3.01. The van der Waals surface area contributed by atoms with Crippen molar-refractivity contribution in [2.75, 3.05) is 19.7 Å². The first kappa shape index (κ1) is 16.5. The van der Waals surface area contributed by atoms with Gasteiger partial charge in [0.25, 0.3) is 11.5 Å². The molecule has 0 N–H and O–H groups in total. The number of aromatic nitrogens is 1. The summed E-state index contributed by atoms with van der Waals surface area (Å²) in [4.78, 5) is 25.7. The number of halogens is 3. The van der Waals surface area contributed by atoms with Gasteiger partial charge in [-0.05, 0) is 25.5 Å². The fourth-order valence-corrected chi connectivity index (χ4v) is 2.43. The first-order valence-electron chi connectivity index (χ1n) is 6.77. The number of carbonyl (C=O) groups is 1. The van der Waals surface area contributed by atoms with Crippen LogP contribution in [0.3, 0.4) is 0 Å². The second-order valence-corrected chi connectivity index (χ2v) is 5.36. The highest BCUT2D eigenvalue weighted by atomic mass is 19.4. The molecule has 0 aliphatic carbocycles. The van der Waals surface area contributed by atoms with Gasteiger partial charge >= 0.3 is 6.18 Å². The van der Waals surface area contributed by atoms with Crippen LogP contribution in [0, 0.1) is 13.8 Å². The fourth-order valence-electron chi connectivity index (χ4n) is 2.43. The highest BCUT2D eigenvalue weighted by Crippen LogP contribution is 2.26. The van der Waals surface area contributed by atoms with Crippen LogP contribution < -0.4 is 5.56 Å². The van der Waals surface area contributed by atoms with E-state index in [1.165, 1.54) is 11.6 Å². The molecule has 1 fully saturated rings. The molecule has 1 unspecified atom stereocenters. The molecule has 1 aliphatic heterocycles. The number of rotatable bonds is 1. The zero-order chi connectivity index (χ0) is 16.7. The summed E-state index contributed by atoms with van der Waals surface area (Å²) in [7, 11) is 1.52. The zero-order valence-electron chi connectivity index (χ0n) is 12.5. The molecule has 5 nitrogen and oxygen atoms in total. The number of amides is 1. The largest absolute Gasteiger partial charge is 0.416 e. The van der Waals surface area contributed by atoms with E-state index in [9.17, 15) is 22.8 Å². The number of hydrogen-bond acceptors (Lipinski definition) is 3. The Labute approximate surface area is 125 Å². The minimum atomic E-state index is -4.54. The summed E-state index contributed by atoms with van der Waals surface area (Å²) >= 11 is 0. The molecule has 1 saturated heterocycles. The highest BCUT2D eigenvalue weighted by molar-refractivity contribution is 5.95. The van der Waals surface area contributed by atoms with Crippen molar-refractivity contribution >= 4 is 5.91 Å². The number of aryl methyl sites for hydroxylation is 2. The lowest BCUT2D eigenvalue weighted by molar-refractivity contribution is -0.233. The van der Waals surface area contributed by atoms with E-state index >= 15 is 0 Å². The molecule has 2 rings (SSSR count). The molecule has 1 aromatic heterocycles.